The molecule has 0 fully saturated rings. The molecule has 11 heteroatoms. The van der Waals surface area contributed by atoms with Crippen molar-refractivity contribution in [2.24, 2.45) is 4.99 Å². The lowest BCUT2D eigenvalue weighted by Crippen LogP contribution is -2.40. The van der Waals surface area contributed by atoms with Crippen molar-refractivity contribution < 1.29 is 19.0 Å². The molecule has 4 rings (SSSR count). The van der Waals surface area contributed by atoms with Crippen molar-refractivity contribution >= 4 is 84.5 Å². The van der Waals surface area contributed by atoms with Crippen LogP contribution in [0.5, 0.6) is 11.5 Å². The molecule has 2 aromatic carbocycles. The quantitative estimate of drug-likeness (QED) is 0.220. The molecule has 0 spiro atoms. The number of hydrogen-bond acceptors (Lipinski definition) is 7. The summed E-state index contributed by atoms with van der Waals surface area (Å²) in [5.74, 6) is 0.761. The van der Waals surface area contributed by atoms with E-state index < -0.39 is 12.0 Å². The Labute approximate surface area is 260 Å². The van der Waals surface area contributed by atoms with Crippen LogP contribution in [-0.2, 0) is 9.53 Å². The maximum Gasteiger partial charge on any atom is 0.338 e. The van der Waals surface area contributed by atoms with Crippen molar-refractivity contribution in [1.82, 2.24) is 4.57 Å². The molecule has 200 valence electrons. The van der Waals surface area contributed by atoms with Crippen molar-refractivity contribution in [1.29, 1.82) is 0 Å². The van der Waals surface area contributed by atoms with E-state index in [0.717, 1.165) is 23.6 Å². The fourth-order valence-corrected chi connectivity index (χ4v) is 7.88. The monoisotopic (exact) mass is 822 g/mol. The molecule has 0 radical (unpaired) electrons. The molecule has 3 aromatic rings. The summed E-state index contributed by atoms with van der Waals surface area (Å²) >= 11 is 9.31. The van der Waals surface area contributed by atoms with Crippen molar-refractivity contribution in [3.05, 3.63) is 84.0 Å². The lowest BCUT2D eigenvalue weighted by atomic mass is 9.93. The number of nitrogens with zero attached hydrogens (tertiary/aromatic N) is 2. The second-order valence-corrected chi connectivity index (χ2v) is 12.6. The van der Waals surface area contributed by atoms with E-state index in [4.69, 9.17) is 19.2 Å². The van der Waals surface area contributed by atoms with Crippen LogP contribution in [0.4, 0.5) is 0 Å². The zero-order chi connectivity index (χ0) is 27.6. The van der Waals surface area contributed by atoms with E-state index in [9.17, 15) is 9.59 Å². The van der Waals surface area contributed by atoms with Gasteiger partial charge >= 0.3 is 5.97 Å². The van der Waals surface area contributed by atoms with Crippen LogP contribution >= 0.6 is 72.4 Å². The van der Waals surface area contributed by atoms with Crippen molar-refractivity contribution in [3.63, 3.8) is 0 Å². The van der Waals surface area contributed by atoms with Crippen LogP contribution < -0.4 is 24.4 Å². The van der Waals surface area contributed by atoms with E-state index in [2.05, 4.69) is 61.1 Å². The summed E-state index contributed by atoms with van der Waals surface area (Å²) in [6, 6.07) is 8.77. The largest absolute Gasteiger partial charge is 0.496 e. The zero-order valence-electron chi connectivity index (χ0n) is 21.1. The number of hydrogen-bond donors (Lipinski definition) is 0. The van der Waals surface area contributed by atoms with Gasteiger partial charge in [0.15, 0.2) is 4.80 Å². The Kier molecular flexibility index (Phi) is 9.74. The standard InChI is InChI=1S/C27H25BrI2N2O5S/c1-5-7-19-22(26(34)37-6-2)23(17-12-15(28)8-9-20(17)35-3)32-25(33)21(38-27(32)31-19)11-14-10-16(29)13-18(30)24(14)36-4/h8-13,23H,5-7H2,1-4H3/b21-11+/t23-/m0/s1. The average Bonchev–Trinajstić information content (AvgIpc) is 3.17. The molecule has 0 saturated heterocycles. The number of rotatable bonds is 8. The van der Waals surface area contributed by atoms with Gasteiger partial charge in [-0.25, -0.2) is 9.79 Å². The molecule has 0 bridgehead atoms. The zero-order valence-corrected chi connectivity index (χ0v) is 27.9. The van der Waals surface area contributed by atoms with Gasteiger partial charge in [-0.2, -0.15) is 0 Å². The van der Waals surface area contributed by atoms with Crippen LogP contribution in [0.15, 0.2) is 55.9 Å². The average molecular weight is 823 g/mol. The molecule has 1 aliphatic rings. The minimum atomic E-state index is -0.764. The Bertz CT molecular complexity index is 1610. The second-order valence-electron chi connectivity index (χ2n) is 8.31. The van der Waals surface area contributed by atoms with Gasteiger partial charge in [0, 0.05) is 19.2 Å². The highest BCUT2D eigenvalue weighted by molar-refractivity contribution is 14.1. The van der Waals surface area contributed by atoms with E-state index in [0.29, 0.717) is 44.1 Å². The molecule has 1 aromatic heterocycles. The maximum absolute atomic E-state index is 14.1. The van der Waals surface area contributed by atoms with Crippen molar-refractivity contribution in [3.8, 4) is 11.5 Å². The van der Waals surface area contributed by atoms with E-state index in [-0.39, 0.29) is 12.2 Å². The fraction of sp³-hybridized carbons (Fsp3) is 0.296. The Balaban J connectivity index is 2.08. The highest BCUT2D eigenvalue weighted by atomic mass is 127. The summed E-state index contributed by atoms with van der Waals surface area (Å²) in [4.78, 5) is 32.8. The number of allylic oxidation sites excluding steroid dienone is 1. The van der Waals surface area contributed by atoms with Crippen LogP contribution in [0.1, 0.15) is 43.9 Å². The first-order valence-corrected chi connectivity index (χ1v) is 15.6. The molecular formula is C27H25BrI2N2O5S. The number of thiazole rings is 1. The second kappa shape index (κ2) is 12.6. The first-order chi connectivity index (χ1) is 18.2. The molecule has 1 atom stereocenters. The van der Waals surface area contributed by atoms with E-state index in [1.807, 2.05) is 43.3 Å². The summed E-state index contributed by atoms with van der Waals surface area (Å²) in [5, 5.41) is 0. The summed E-state index contributed by atoms with van der Waals surface area (Å²) in [7, 11) is 3.19. The van der Waals surface area contributed by atoms with Crippen LogP contribution in [0.2, 0.25) is 0 Å². The van der Waals surface area contributed by atoms with Gasteiger partial charge in [0.05, 0.1) is 40.2 Å². The van der Waals surface area contributed by atoms with Gasteiger partial charge in [-0.3, -0.25) is 9.36 Å². The van der Waals surface area contributed by atoms with Crippen LogP contribution in [0, 0.1) is 7.14 Å². The number of carbonyl (C=O) groups is 1. The summed E-state index contributed by atoms with van der Waals surface area (Å²) in [6.07, 6.45) is 3.17. The van der Waals surface area contributed by atoms with Gasteiger partial charge in [-0.05, 0) is 94.9 Å². The predicted octanol–water partition coefficient (Wildman–Crippen LogP) is 5.57. The Hall–Kier alpha value is -1.71. The number of ether oxygens (including phenoxy) is 3. The van der Waals surface area contributed by atoms with E-state index >= 15 is 0 Å². The van der Waals surface area contributed by atoms with Gasteiger partial charge in [0.2, 0.25) is 0 Å². The van der Waals surface area contributed by atoms with Crippen LogP contribution in [0.25, 0.3) is 6.08 Å². The summed E-state index contributed by atoms with van der Waals surface area (Å²) in [5.41, 5.74) is 2.18. The minimum Gasteiger partial charge on any atom is -0.496 e. The third kappa shape index (κ3) is 5.75. The molecule has 0 aliphatic carbocycles. The van der Waals surface area contributed by atoms with Crippen LogP contribution in [0.3, 0.4) is 0 Å². The molecule has 0 N–H and O–H groups in total. The molecule has 0 unspecified atom stereocenters. The number of halogens is 3. The van der Waals surface area contributed by atoms with Gasteiger partial charge in [0.1, 0.15) is 17.5 Å². The van der Waals surface area contributed by atoms with E-state index in [1.54, 1.807) is 25.7 Å². The number of carbonyl (C=O) groups excluding carboxylic acids is 1. The van der Waals surface area contributed by atoms with Crippen molar-refractivity contribution in [2.75, 3.05) is 20.8 Å². The molecule has 2 heterocycles. The number of aromatic nitrogens is 1. The van der Waals surface area contributed by atoms with Crippen molar-refractivity contribution in [2.45, 2.75) is 32.7 Å². The number of fused-ring (bicyclic) bond motifs is 1. The number of benzene rings is 2. The van der Waals surface area contributed by atoms with Gasteiger partial charge in [-0.15, -0.1) is 0 Å². The van der Waals surface area contributed by atoms with Gasteiger partial charge in [-0.1, -0.05) is 40.6 Å². The van der Waals surface area contributed by atoms with Crippen LogP contribution in [-0.4, -0.2) is 31.4 Å². The first-order valence-electron chi connectivity index (χ1n) is 11.8. The third-order valence-corrected chi connectivity index (χ3v) is 8.81. The van der Waals surface area contributed by atoms with Gasteiger partial charge in [0.25, 0.3) is 5.56 Å². The normalized spacial score (nSPS) is 15.2. The third-order valence-electron chi connectivity index (χ3n) is 5.91. The topological polar surface area (TPSA) is 79.1 Å². The predicted molar refractivity (Wildman–Crippen MR) is 169 cm³/mol. The fourth-order valence-electron chi connectivity index (χ4n) is 4.38. The Morgan fingerprint density at radius 1 is 1.18 bits per heavy atom. The smallest absolute Gasteiger partial charge is 0.338 e. The van der Waals surface area contributed by atoms with Gasteiger partial charge < -0.3 is 14.2 Å². The summed E-state index contributed by atoms with van der Waals surface area (Å²) in [6.45, 7) is 4.00. The molecule has 0 saturated carbocycles. The first kappa shape index (κ1) is 29.3. The molecule has 1 aliphatic heterocycles. The Morgan fingerprint density at radius 2 is 1.95 bits per heavy atom. The molecule has 38 heavy (non-hydrogen) atoms. The lowest BCUT2D eigenvalue weighted by Gasteiger charge is -2.27. The highest BCUT2D eigenvalue weighted by Crippen LogP contribution is 2.38. The minimum absolute atomic E-state index is 0.208. The lowest BCUT2D eigenvalue weighted by molar-refractivity contribution is -0.139. The highest BCUT2D eigenvalue weighted by Gasteiger charge is 2.36. The SMILES string of the molecule is CCCC1=C(C(=O)OCC)[C@H](c2cc(Br)ccc2OC)n2c(s/c(=C/c3cc(I)cc(I)c3OC)c2=O)=N1. The molecule has 0 amide bonds. The Morgan fingerprint density at radius 3 is 2.61 bits per heavy atom. The summed E-state index contributed by atoms with van der Waals surface area (Å²) < 4.78 is 21.6. The number of esters is 1. The van der Waals surface area contributed by atoms with E-state index in [1.165, 1.54) is 11.3 Å². The molecule has 7 nitrogen and oxygen atoms in total. The number of methoxy groups -OCH3 is 2. The molecular weight excluding hydrogens is 798 g/mol. The maximum atomic E-state index is 14.1.